The molecule has 0 fully saturated rings. The molecule has 0 saturated heterocycles. The first-order valence-corrected chi connectivity index (χ1v) is 17.4. The fourth-order valence-electron chi connectivity index (χ4n) is 4.86. The zero-order valence-corrected chi connectivity index (χ0v) is 30.5. The first-order valence-electron chi connectivity index (χ1n) is 17.4. The van der Waals surface area contributed by atoms with E-state index in [4.69, 9.17) is 11.6 Å². The standard InChI is InChI=1S/C35H58N8O8/c1-22(2)38-20-26(36)21-43(37)18-7-6-10-27(33(48)39-23(3)4)41-31(45)19-29(35(50)51)42-34(49)28(16-17-32(46)47)40-30(44)11-8-9-25-14-12-24(5)13-15-25/h12-15,21-23,27-29,38H,6-11,16-20,36-37H2,1-5H3,(H,39,48)(H,40,44)(H,41,45)(H,42,49)(H,46,47)(H,50,51)/b26-21-. The summed E-state index contributed by atoms with van der Waals surface area (Å²) < 4.78 is 0. The fourth-order valence-corrected chi connectivity index (χ4v) is 4.86. The molecule has 0 radical (unpaired) electrons. The van der Waals surface area contributed by atoms with E-state index in [0.717, 1.165) is 11.1 Å². The molecule has 286 valence electrons. The van der Waals surface area contributed by atoms with Gasteiger partial charge in [-0.1, -0.05) is 43.7 Å². The monoisotopic (exact) mass is 718 g/mol. The molecule has 0 aromatic heterocycles. The lowest BCUT2D eigenvalue weighted by atomic mass is 10.1. The lowest BCUT2D eigenvalue weighted by Gasteiger charge is -2.23. The second-order valence-electron chi connectivity index (χ2n) is 13.3. The summed E-state index contributed by atoms with van der Waals surface area (Å²) in [7, 11) is 0. The van der Waals surface area contributed by atoms with E-state index in [-0.39, 0.29) is 31.3 Å². The summed E-state index contributed by atoms with van der Waals surface area (Å²) in [5.41, 5.74) is 8.67. The Kier molecular flexibility index (Phi) is 20.6. The minimum atomic E-state index is -1.72. The van der Waals surface area contributed by atoms with Crippen molar-refractivity contribution in [1.29, 1.82) is 0 Å². The number of amides is 4. The molecule has 3 unspecified atom stereocenters. The van der Waals surface area contributed by atoms with Gasteiger partial charge in [-0.05, 0) is 64.9 Å². The predicted octanol–water partition coefficient (Wildman–Crippen LogP) is 0.780. The maximum Gasteiger partial charge on any atom is 0.326 e. The molecular weight excluding hydrogens is 660 g/mol. The van der Waals surface area contributed by atoms with Crippen LogP contribution in [-0.2, 0) is 35.2 Å². The van der Waals surface area contributed by atoms with Gasteiger partial charge in [-0.15, -0.1) is 0 Å². The number of benzene rings is 1. The smallest absolute Gasteiger partial charge is 0.326 e. The molecule has 0 aliphatic heterocycles. The van der Waals surface area contributed by atoms with Crippen LogP contribution in [0.3, 0.4) is 0 Å². The lowest BCUT2D eigenvalue weighted by molar-refractivity contribution is -0.144. The van der Waals surface area contributed by atoms with Crippen molar-refractivity contribution in [2.75, 3.05) is 13.1 Å². The number of hydrogen-bond acceptors (Lipinski definition) is 10. The van der Waals surface area contributed by atoms with E-state index in [9.17, 15) is 39.0 Å². The van der Waals surface area contributed by atoms with E-state index in [0.29, 0.717) is 44.5 Å². The minimum Gasteiger partial charge on any atom is -0.481 e. The van der Waals surface area contributed by atoms with Gasteiger partial charge in [-0.25, -0.2) is 10.6 Å². The van der Waals surface area contributed by atoms with Crippen LogP contribution in [0.25, 0.3) is 0 Å². The van der Waals surface area contributed by atoms with Crippen molar-refractivity contribution in [3.05, 3.63) is 47.3 Å². The van der Waals surface area contributed by atoms with E-state index in [1.807, 2.05) is 45.0 Å². The number of rotatable bonds is 25. The number of nitrogens with zero attached hydrogens (tertiary/aromatic N) is 1. The molecule has 1 aromatic rings. The molecule has 16 heteroatoms. The third kappa shape index (κ3) is 20.5. The van der Waals surface area contributed by atoms with Crippen LogP contribution in [0.5, 0.6) is 0 Å². The molecule has 0 heterocycles. The van der Waals surface area contributed by atoms with Crippen molar-refractivity contribution in [2.24, 2.45) is 11.6 Å². The van der Waals surface area contributed by atoms with E-state index < -0.39 is 66.5 Å². The van der Waals surface area contributed by atoms with Gasteiger partial charge >= 0.3 is 11.9 Å². The maximum absolute atomic E-state index is 13.1. The molecular formula is C35H58N8O8. The average molecular weight is 719 g/mol. The highest BCUT2D eigenvalue weighted by Gasteiger charge is 2.30. The van der Waals surface area contributed by atoms with Gasteiger partial charge in [0.25, 0.3) is 0 Å². The second kappa shape index (κ2) is 23.7. The van der Waals surface area contributed by atoms with Crippen molar-refractivity contribution >= 4 is 35.6 Å². The van der Waals surface area contributed by atoms with Crippen molar-refractivity contribution in [3.8, 4) is 0 Å². The number of aliphatic carboxylic acids is 2. The SMILES string of the molecule is Cc1ccc(CCCC(=O)NC(CCC(=O)O)C(=O)NC(CC(=O)NC(CCCCN(N)/C=C(\N)CNC(C)C)C(=O)NC(C)C)C(=O)O)cc1. The third-order valence-electron chi connectivity index (χ3n) is 7.58. The molecule has 1 aromatic carbocycles. The van der Waals surface area contributed by atoms with Crippen LogP contribution in [0.4, 0.5) is 0 Å². The Bertz CT molecular complexity index is 1320. The molecule has 0 spiro atoms. The van der Waals surface area contributed by atoms with E-state index in [2.05, 4.69) is 26.6 Å². The minimum absolute atomic E-state index is 0.0547. The van der Waals surface area contributed by atoms with Gasteiger partial charge in [0, 0.05) is 49.9 Å². The zero-order valence-electron chi connectivity index (χ0n) is 30.5. The fraction of sp³-hybridized carbons (Fsp3) is 0.600. The van der Waals surface area contributed by atoms with Crippen molar-refractivity contribution < 1.29 is 39.0 Å². The number of hydrazine groups is 1. The molecule has 16 nitrogen and oxygen atoms in total. The summed E-state index contributed by atoms with van der Waals surface area (Å²) in [4.78, 5) is 75.0. The highest BCUT2D eigenvalue weighted by Crippen LogP contribution is 2.09. The summed E-state index contributed by atoms with van der Waals surface area (Å²) in [6, 6.07) is 3.81. The molecule has 3 atom stereocenters. The molecule has 0 aliphatic carbocycles. The summed E-state index contributed by atoms with van der Waals surface area (Å²) in [5.74, 6) is 0.571. The summed E-state index contributed by atoms with van der Waals surface area (Å²) in [6.45, 7) is 10.4. The highest BCUT2D eigenvalue weighted by molar-refractivity contribution is 5.94. The Labute approximate surface area is 300 Å². The highest BCUT2D eigenvalue weighted by atomic mass is 16.4. The van der Waals surface area contributed by atoms with Crippen LogP contribution in [0.15, 0.2) is 36.2 Å². The van der Waals surface area contributed by atoms with E-state index in [1.165, 1.54) is 5.01 Å². The number of nitrogens with one attached hydrogen (secondary N) is 5. The van der Waals surface area contributed by atoms with Gasteiger partial charge < -0.3 is 47.5 Å². The number of unbranched alkanes of at least 4 members (excludes halogenated alkanes) is 1. The summed E-state index contributed by atoms with van der Waals surface area (Å²) in [6.07, 6.45) is 2.55. The normalized spacial score (nSPS) is 13.2. The van der Waals surface area contributed by atoms with Gasteiger partial charge in [0.15, 0.2) is 0 Å². The maximum atomic E-state index is 13.1. The van der Waals surface area contributed by atoms with Gasteiger partial charge in [0.05, 0.1) is 6.42 Å². The van der Waals surface area contributed by atoms with Crippen LogP contribution >= 0.6 is 0 Å². The summed E-state index contributed by atoms with van der Waals surface area (Å²) >= 11 is 0. The molecule has 4 amide bonds. The molecule has 0 bridgehead atoms. The Morgan fingerprint density at radius 2 is 1.37 bits per heavy atom. The van der Waals surface area contributed by atoms with Gasteiger partial charge in [0.1, 0.15) is 18.1 Å². The van der Waals surface area contributed by atoms with Gasteiger partial charge in [-0.3, -0.25) is 24.0 Å². The first-order chi connectivity index (χ1) is 24.0. The topological polar surface area (TPSA) is 258 Å². The van der Waals surface area contributed by atoms with Crippen LogP contribution in [0.2, 0.25) is 0 Å². The Balaban J connectivity index is 2.83. The lowest BCUT2D eigenvalue weighted by Crippen LogP contribution is -2.54. The number of carbonyl (C=O) groups excluding carboxylic acids is 4. The molecule has 51 heavy (non-hydrogen) atoms. The molecule has 11 N–H and O–H groups in total. The Morgan fingerprint density at radius 1 is 0.765 bits per heavy atom. The van der Waals surface area contributed by atoms with Crippen LogP contribution in [-0.4, -0.2) is 94.1 Å². The largest absolute Gasteiger partial charge is 0.481 e. The average Bonchev–Trinajstić information content (AvgIpc) is 3.03. The number of carboxylic acids is 2. The number of nitrogens with two attached hydrogens (primary N) is 2. The predicted molar refractivity (Wildman–Crippen MR) is 192 cm³/mol. The van der Waals surface area contributed by atoms with Gasteiger partial charge in [0.2, 0.25) is 23.6 Å². The van der Waals surface area contributed by atoms with Crippen molar-refractivity contribution in [1.82, 2.24) is 31.6 Å². The van der Waals surface area contributed by atoms with Crippen molar-refractivity contribution in [3.63, 3.8) is 0 Å². The molecule has 0 aliphatic rings. The zero-order chi connectivity index (χ0) is 38.5. The second-order valence-corrected chi connectivity index (χ2v) is 13.3. The molecule has 1 rings (SSSR count). The summed E-state index contributed by atoms with van der Waals surface area (Å²) in [5, 5.41) is 33.7. The van der Waals surface area contributed by atoms with Crippen LogP contribution in [0.1, 0.15) is 90.2 Å². The first kappa shape index (κ1) is 44.3. The Morgan fingerprint density at radius 3 is 1.96 bits per heavy atom. The number of carboxylic acid groups (broad SMARTS) is 2. The van der Waals surface area contributed by atoms with Crippen molar-refractivity contribution in [2.45, 2.75) is 123 Å². The van der Waals surface area contributed by atoms with Gasteiger partial charge in [-0.2, -0.15) is 0 Å². The van der Waals surface area contributed by atoms with E-state index in [1.54, 1.807) is 20.0 Å². The number of aryl methyl sites for hydroxylation is 2. The quantitative estimate of drug-likeness (QED) is 0.0386. The van der Waals surface area contributed by atoms with Crippen LogP contribution in [0, 0.1) is 6.92 Å². The Hall–Kier alpha value is -4.70. The number of hydrogen-bond donors (Lipinski definition) is 9. The van der Waals surface area contributed by atoms with Crippen LogP contribution < -0.4 is 38.2 Å². The third-order valence-corrected chi connectivity index (χ3v) is 7.58. The number of carbonyl (C=O) groups is 6. The van der Waals surface area contributed by atoms with E-state index >= 15 is 0 Å². The molecule has 0 saturated carbocycles.